The second kappa shape index (κ2) is 8.43. The number of benzene rings is 2. The third-order valence-electron chi connectivity index (χ3n) is 4.13. The Labute approximate surface area is 179 Å². The summed E-state index contributed by atoms with van der Waals surface area (Å²) < 4.78 is 1.04. The molecule has 28 heavy (non-hydrogen) atoms. The normalized spacial score (nSPS) is 10.9. The van der Waals surface area contributed by atoms with Crippen molar-refractivity contribution in [1.29, 1.82) is 0 Å². The van der Waals surface area contributed by atoms with Gasteiger partial charge in [-0.3, -0.25) is 4.79 Å². The van der Waals surface area contributed by atoms with Crippen molar-refractivity contribution < 1.29 is 4.79 Å². The molecule has 0 bridgehead atoms. The van der Waals surface area contributed by atoms with Gasteiger partial charge in [0.25, 0.3) is 0 Å². The van der Waals surface area contributed by atoms with Crippen molar-refractivity contribution in [2.45, 2.75) is 11.9 Å². The van der Waals surface area contributed by atoms with Crippen LogP contribution in [-0.2, 0) is 4.79 Å². The highest BCUT2D eigenvalue weighted by Crippen LogP contribution is 2.38. The first-order chi connectivity index (χ1) is 13.6. The molecule has 7 heteroatoms. The average Bonchev–Trinajstić information content (AvgIpc) is 3.12. The van der Waals surface area contributed by atoms with Crippen LogP contribution in [0.3, 0.4) is 0 Å². The number of hydrogen-bond donors (Lipinski definition) is 1. The van der Waals surface area contributed by atoms with Crippen molar-refractivity contribution in [3.05, 3.63) is 70.3 Å². The van der Waals surface area contributed by atoms with Crippen LogP contribution in [0.5, 0.6) is 0 Å². The third kappa shape index (κ3) is 4.27. The fourth-order valence-electron chi connectivity index (χ4n) is 2.85. The number of fused-ring (bicyclic) bond motifs is 1. The smallest absolute Gasteiger partial charge is 0.234 e. The van der Waals surface area contributed by atoms with Crippen LogP contribution >= 0.6 is 39.0 Å². The van der Waals surface area contributed by atoms with E-state index in [0.717, 1.165) is 42.1 Å². The zero-order valence-corrected chi connectivity index (χ0v) is 18.2. The van der Waals surface area contributed by atoms with Crippen LogP contribution < -0.4 is 5.32 Å². The number of thioether (sulfide) groups is 1. The fourth-order valence-corrected chi connectivity index (χ4v) is 4.91. The molecule has 0 radical (unpaired) electrons. The number of rotatable bonds is 5. The molecule has 0 aliphatic heterocycles. The molecule has 0 aliphatic carbocycles. The van der Waals surface area contributed by atoms with Crippen LogP contribution in [-0.4, -0.2) is 21.6 Å². The maximum absolute atomic E-state index is 12.4. The van der Waals surface area contributed by atoms with Gasteiger partial charge in [0.1, 0.15) is 16.2 Å². The summed E-state index contributed by atoms with van der Waals surface area (Å²) in [4.78, 5) is 22.2. The lowest BCUT2D eigenvalue weighted by Gasteiger charge is -2.07. The van der Waals surface area contributed by atoms with Crippen molar-refractivity contribution in [3.63, 3.8) is 0 Å². The highest BCUT2D eigenvalue weighted by molar-refractivity contribution is 9.10. The van der Waals surface area contributed by atoms with Crippen LogP contribution in [0, 0.1) is 6.92 Å². The minimum Gasteiger partial charge on any atom is -0.325 e. The monoisotopic (exact) mass is 469 g/mol. The lowest BCUT2D eigenvalue weighted by molar-refractivity contribution is -0.113. The quantitative estimate of drug-likeness (QED) is 0.280. The minimum atomic E-state index is -0.0530. The van der Waals surface area contributed by atoms with Gasteiger partial charge in [0, 0.05) is 21.1 Å². The van der Waals surface area contributed by atoms with Gasteiger partial charge in [0.15, 0.2) is 0 Å². The molecule has 4 nitrogen and oxygen atoms in total. The van der Waals surface area contributed by atoms with E-state index in [2.05, 4.69) is 48.7 Å². The Morgan fingerprint density at radius 3 is 2.79 bits per heavy atom. The highest BCUT2D eigenvalue weighted by atomic mass is 79.9. The number of nitrogens with one attached hydrogen (secondary N) is 1. The van der Waals surface area contributed by atoms with Crippen molar-refractivity contribution in [3.8, 4) is 11.1 Å². The maximum Gasteiger partial charge on any atom is 0.234 e. The number of aromatic nitrogens is 2. The summed E-state index contributed by atoms with van der Waals surface area (Å²) in [5, 5.41) is 6.86. The number of carbonyl (C=O) groups excluding carboxylic acids is 1. The van der Waals surface area contributed by atoms with E-state index >= 15 is 0 Å². The van der Waals surface area contributed by atoms with Gasteiger partial charge in [-0.15, -0.1) is 11.3 Å². The number of anilines is 1. The fraction of sp³-hybridized carbons (Fsp3) is 0.0952. The van der Waals surface area contributed by atoms with Gasteiger partial charge in [0.05, 0.1) is 11.1 Å². The summed E-state index contributed by atoms with van der Waals surface area (Å²) in [6.07, 6.45) is 1.56. The van der Waals surface area contributed by atoms with E-state index in [1.807, 2.05) is 43.3 Å². The predicted molar refractivity (Wildman–Crippen MR) is 121 cm³/mol. The minimum absolute atomic E-state index is 0.0530. The number of halogens is 1. The zero-order chi connectivity index (χ0) is 19.5. The number of thiophene rings is 1. The molecule has 0 spiro atoms. The summed E-state index contributed by atoms with van der Waals surface area (Å²) >= 11 is 6.50. The van der Waals surface area contributed by atoms with E-state index in [0.29, 0.717) is 0 Å². The molecular formula is C21H16BrN3OS2. The average molecular weight is 470 g/mol. The Morgan fingerprint density at radius 1 is 1.18 bits per heavy atom. The molecular weight excluding hydrogens is 454 g/mol. The van der Waals surface area contributed by atoms with Crippen LogP contribution in [0.1, 0.15) is 5.56 Å². The number of nitrogens with zero attached hydrogens (tertiary/aromatic N) is 2. The Morgan fingerprint density at radius 2 is 2.00 bits per heavy atom. The van der Waals surface area contributed by atoms with E-state index in [4.69, 9.17) is 0 Å². The lowest BCUT2D eigenvalue weighted by atomic mass is 10.1. The highest BCUT2D eigenvalue weighted by Gasteiger charge is 2.15. The van der Waals surface area contributed by atoms with Gasteiger partial charge in [-0.1, -0.05) is 52.0 Å². The first kappa shape index (κ1) is 19.1. The molecule has 0 fully saturated rings. The van der Waals surface area contributed by atoms with Crippen LogP contribution in [0.2, 0.25) is 0 Å². The SMILES string of the molecule is Cc1cccc(NC(=O)CSc2ncnc3scc(-c4ccc(Br)cc4)c23)c1. The van der Waals surface area contributed by atoms with Gasteiger partial charge in [-0.2, -0.15) is 0 Å². The number of aryl methyl sites for hydroxylation is 1. The summed E-state index contributed by atoms with van der Waals surface area (Å²) in [5.41, 5.74) is 4.12. The largest absolute Gasteiger partial charge is 0.325 e. The molecule has 2 heterocycles. The van der Waals surface area contributed by atoms with Crippen LogP contribution in [0.4, 0.5) is 5.69 Å². The maximum atomic E-state index is 12.4. The molecule has 1 amide bonds. The van der Waals surface area contributed by atoms with E-state index in [1.165, 1.54) is 11.8 Å². The molecule has 0 saturated heterocycles. The van der Waals surface area contributed by atoms with Crippen molar-refractivity contribution >= 4 is 60.8 Å². The van der Waals surface area contributed by atoms with Gasteiger partial charge < -0.3 is 5.32 Å². The molecule has 0 aliphatic rings. The number of carbonyl (C=O) groups is 1. The number of amides is 1. The molecule has 0 saturated carbocycles. The Bertz CT molecular complexity index is 1140. The van der Waals surface area contributed by atoms with E-state index < -0.39 is 0 Å². The number of hydrogen-bond acceptors (Lipinski definition) is 5. The first-order valence-electron chi connectivity index (χ1n) is 8.57. The molecule has 2 aromatic heterocycles. The van der Waals surface area contributed by atoms with Gasteiger partial charge >= 0.3 is 0 Å². The molecule has 2 aromatic carbocycles. The Kier molecular flexibility index (Phi) is 5.75. The van der Waals surface area contributed by atoms with Gasteiger partial charge in [-0.25, -0.2) is 9.97 Å². The van der Waals surface area contributed by atoms with Crippen molar-refractivity contribution in [1.82, 2.24) is 9.97 Å². The van der Waals surface area contributed by atoms with E-state index in [1.54, 1.807) is 17.7 Å². The second-order valence-corrected chi connectivity index (χ2v) is 8.96. The van der Waals surface area contributed by atoms with E-state index in [-0.39, 0.29) is 11.7 Å². The molecule has 140 valence electrons. The molecule has 4 rings (SSSR count). The standard InChI is InChI=1S/C21H16BrN3OS2/c1-13-3-2-4-16(9-13)25-18(26)11-28-21-19-17(10-27-20(19)23-12-24-21)14-5-7-15(22)8-6-14/h2-10,12H,11H2,1H3,(H,25,26). The van der Waals surface area contributed by atoms with E-state index in [9.17, 15) is 4.79 Å². The van der Waals surface area contributed by atoms with Gasteiger partial charge in [0.2, 0.25) is 5.91 Å². The Hall–Kier alpha value is -2.22. The molecule has 4 aromatic rings. The summed E-state index contributed by atoms with van der Waals surface area (Å²) in [7, 11) is 0. The lowest BCUT2D eigenvalue weighted by Crippen LogP contribution is -2.14. The Balaban J connectivity index is 1.56. The molecule has 0 unspecified atom stereocenters. The molecule has 1 N–H and O–H groups in total. The molecule has 0 atom stereocenters. The summed E-state index contributed by atoms with van der Waals surface area (Å²) in [6.45, 7) is 2.00. The van der Waals surface area contributed by atoms with Crippen molar-refractivity contribution in [2.75, 3.05) is 11.1 Å². The zero-order valence-electron chi connectivity index (χ0n) is 15.0. The summed E-state index contributed by atoms with van der Waals surface area (Å²) in [6, 6.07) is 16.0. The third-order valence-corrected chi connectivity index (χ3v) is 6.54. The van der Waals surface area contributed by atoms with Crippen molar-refractivity contribution in [2.24, 2.45) is 0 Å². The van der Waals surface area contributed by atoms with Gasteiger partial charge in [-0.05, 0) is 42.3 Å². The van der Waals surface area contributed by atoms with Crippen LogP contribution in [0.25, 0.3) is 21.3 Å². The van der Waals surface area contributed by atoms with Crippen LogP contribution in [0.15, 0.2) is 69.7 Å². The predicted octanol–water partition coefficient (Wildman–Crippen LogP) is 6.16. The first-order valence-corrected chi connectivity index (χ1v) is 11.2. The summed E-state index contributed by atoms with van der Waals surface area (Å²) in [5.74, 6) is 0.234. The topological polar surface area (TPSA) is 54.9 Å². The second-order valence-electron chi connectivity index (χ2n) is 6.22.